The maximum atomic E-state index is 12.6. The number of carbonyl (C=O) groups excluding carboxylic acids is 1. The molecule has 0 atom stereocenters. The third-order valence-corrected chi connectivity index (χ3v) is 5.74. The van der Waals surface area contributed by atoms with Crippen LogP contribution in [0.2, 0.25) is 10.0 Å². The second-order valence-electron chi connectivity index (χ2n) is 6.99. The van der Waals surface area contributed by atoms with Gasteiger partial charge in [0.25, 0.3) is 0 Å². The average molecular weight is 418 g/mol. The van der Waals surface area contributed by atoms with Gasteiger partial charge in [0.1, 0.15) is 0 Å². The number of nitrogens with zero attached hydrogens (tertiary/aromatic N) is 1. The number of nitrogens with one attached hydrogen (secondary N) is 2. The molecule has 1 fully saturated rings. The van der Waals surface area contributed by atoms with E-state index in [2.05, 4.69) is 48.4 Å². The lowest BCUT2D eigenvalue weighted by Gasteiger charge is -2.32. The SMILES string of the molecule is C=C(CC)Nc1ccc(C2CCN(C(=O)Nc3c(Cl)cccc3Cl)CC2)cc1. The molecule has 0 spiro atoms. The van der Waals surface area contributed by atoms with Crippen molar-refractivity contribution in [2.24, 2.45) is 0 Å². The van der Waals surface area contributed by atoms with E-state index in [9.17, 15) is 4.79 Å². The molecule has 0 aromatic heterocycles. The maximum Gasteiger partial charge on any atom is 0.321 e. The lowest BCUT2D eigenvalue weighted by Crippen LogP contribution is -2.40. The summed E-state index contributed by atoms with van der Waals surface area (Å²) < 4.78 is 0. The van der Waals surface area contributed by atoms with Crippen LogP contribution in [-0.4, -0.2) is 24.0 Å². The molecular weight excluding hydrogens is 393 g/mol. The zero-order valence-electron chi connectivity index (χ0n) is 16.0. The van der Waals surface area contributed by atoms with Crippen molar-refractivity contribution in [1.82, 2.24) is 4.90 Å². The first-order valence-corrected chi connectivity index (χ1v) is 10.3. The number of hydrogen-bond acceptors (Lipinski definition) is 2. The Bertz CT molecular complexity index is 823. The molecule has 6 heteroatoms. The molecule has 2 N–H and O–H groups in total. The number of amides is 2. The molecule has 3 rings (SSSR count). The Hall–Kier alpha value is -2.17. The first kappa shape index (κ1) is 20.6. The van der Waals surface area contributed by atoms with Gasteiger partial charge in [-0.3, -0.25) is 0 Å². The van der Waals surface area contributed by atoms with E-state index < -0.39 is 0 Å². The minimum absolute atomic E-state index is 0.161. The van der Waals surface area contributed by atoms with E-state index in [0.29, 0.717) is 34.7 Å². The maximum absolute atomic E-state index is 12.6. The Morgan fingerprint density at radius 2 is 1.68 bits per heavy atom. The zero-order chi connectivity index (χ0) is 20.1. The van der Waals surface area contributed by atoms with Crippen LogP contribution in [0, 0.1) is 0 Å². The summed E-state index contributed by atoms with van der Waals surface area (Å²) in [6, 6.07) is 13.5. The third-order valence-electron chi connectivity index (χ3n) is 5.11. The fourth-order valence-corrected chi connectivity index (χ4v) is 3.84. The number of benzene rings is 2. The van der Waals surface area contributed by atoms with Crippen molar-refractivity contribution in [3.63, 3.8) is 0 Å². The number of carbonyl (C=O) groups is 1. The van der Waals surface area contributed by atoms with Gasteiger partial charge >= 0.3 is 6.03 Å². The molecule has 1 heterocycles. The van der Waals surface area contributed by atoms with E-state index in [1.807, 2.05) is 4.90 Å². The van der Waals surface area contributed by atoms with Crippen molar-refractivity contribution >= 4 is 40.6 Å². The van der Waals surface area contributed by atoms with Crippen molar-refractivity contribution in [1.29, 1.82) is 0 Å². The smallest absolute Gasteiger partial charge is 0.321 e. The lowest BCUT2D eigenvalue weighted by atomic mass is 9.89. The fourth-order valence-electron chi connectivity index (χ4n) is 3.35. The normalized spacial score (nSPS) is 14.6. The number of likely N-dealkylation sites (tertiary alicyclic amines) is 1. The van der Waals surface area contributed by atoms with E-state index >= 15 is 0 Å². The summed E-state index contributed by atoms with van der Waals surface area (Å²) in [5.74, 6) is 0.455. The molecule has 0 saturated carbocycles. The number of allylic oxidation sites excluding steroid dienone is 1. The summed E-state index contributed by atoms with van der Waals surface area (Å²) in [5, 5.41) is 7.02. The zero-order valence-corrected chi connectivity index (χ0v) is 17.5. The van der Waals surface area contributed by atoms with Crippen molar-refractivity contribution in [2.45, 2.75) is 32.1 Å². The van der Waals surface area contributed by atoms with Crippen molar-refractivity contribution in [3.8, 4) is 0 Å². The summed E-state index contributed by atoms with van der Waals surface area (Å²) in [6.45, 7) is 7.45. The molecule has 2 aromatic carbocycles. The molecule has 0 radical (unpaired) electrons. The molecule has 0 aliphatic carbocycles. The average Bonchev–Trinajstić information content (AvgIpc) is 2.71. The van der Waals surface area contributed by atoms with E-state index in [0.717, 1.165) is 30.6 Å². The molecule has 1 aliphatic heterocycles. The fraction of sp³-hybridized carbons (Fsp3) is 0.318. The summed E-state index contributed by atoms with van der Waals surface area (Å²) >= 11 is 12.3. The first-order valence-electron chi connectivity index (χ1n) is 9.52. The lowest BCUT2D eigenvalue weighted by molar-refractivity contribution is 0.194. The Labute approximate surface area is 176 Å². The molecule has 148 valence electrons. The topological polar surface area (TPSA) is 44.4 Å². The molecule has 0 bridgehead atoms. The van der Waals surface area contributed by atoms with Gasteiger partial charge in [0.2, 0.25) is 0 Å². The predicted octanol–water partition coefficient (Wildman–Crippen LogP) is 6.74. The number of piperidine rings is 1. The number of hydrogen-bond donors (Lipinski definition) is 2. The second-order valence-corrected chi connectivity index (χ2v) is 7.81. The van der Waals surface area contributed by atoms with Crippen LogP contribution >= 0.6 is 23.2 Å². The Balaban J connectivity index is 1.55. The van der Waals surface area contributed by atoms with Crippen molar-refractivity contribution in [3.05, 3.63) is 70.3 Å². The van der Waals surface area contributed by atoms with Gasteiger partial charge in [0.15, 0.2) is 0 Å². The summed E-state index contributed by atoms with van der Waals surface area (Å²) in [4.78, 5) is 14.4. The highest BCUT2D eigenvalue weighted by atomic mass is 35.5. The molecule has 0 unspecified atom stereocenters. The molecule has 4 nitrogen and oxygen atoms in total. The van der Waals surface area contributed by atoms with Gasteiger partial charge in [-0.15, -0.1) is 0 Å². The monoisotopic (exact) mass is 417 g/mol. The Morgan fingerprint density at radius 3 is 2.25 bits per heavy atom. The summed E-state index contributed by atoms with van der Waals surface area (Å²) in [5.41, 5.74) is 3.84. The van der Waals surface area contributed by atoms with Crippen LogP contribution in [0.5, 0.6) is 0 Å². The van der Waals surface area contributed by atoms with Crippen LogP contribution in [-0.2, 0) is 0 Å². The minimum Gasteiger partial charge on any atom is -0.359 e. The van der Waals surface area contributed by atoms with Crippen LogP contribution in [0.15, 0.2) is 54.7 Å². The molecule has 1 aliphatic rings. The molecule has 28 heavy (non-hydrogen) atoms. The quantitative estimate of drug-likeness (QED) is 0.565. The van der Waals surface area contributed by atoms with Crippen LogP contribution in [0.3, 0.4) is 0 Å². The highest BCUT2D eigenvalue weighted by Crippen LogP contribution is 2.32. The number of anilines is 2. The van der Waals surface area contributed by atoms with Gasteiger partial charge in [0, 0.05) is 24.5 Å². The van der Waals surface area contributed by atoms with Gasteiger partial charge < -0.3 is 15.5 Å². The molecule has 1 saturated heterocycles. The van der Waals surface area contributed by atoms with Crippen LogP contribution in [0.4, 0.5) is 16.2 Å². The second kappa shape index (κ2) is 9.35. The van der Waals surface area contributed by atoms with Crippen molar-refractivity contribution in [2.75, 3.05) is 23.7 Å². The predicted molar refractivity (Wildman–Crippen MR) is 119 cm³/mol. The highest BCUT2D eigenvalue weighted by Gasteiger charge is 2.24. The van der Waals surface area contributed by atoms with E-state index in [-0.39, 0.29) is 6.03 Å². The van der Waals surface area contributed by atoms with Gasteiger partial charge in [0.05, 0.1) is 15.7 Å². The summed E-state index contributed by atoms with van der Waals surface area (Å²) in [6.07, 6.45) is 2.76. The first-order chi connectivity index (χ1) is 13.5. The highest BCUT2D eigenvalue weighted by molar-refractivity contribution is 6.39. The standard InChI is InChI=1S/C22H25Cl2N3O/c1-3-15(2)25-18-9-7-16(8-10-18)17-11-13-27(14-12-17)22(28)26-21-19(23)5-4-6-20(21)24/h4-10,17,25H,2-3,11-14H2,1H3,(H,26,28). The number of rotatable bonds is 5. The number of para-hydroxylation sites is 1. The van der Waals surface area contributed by atoms with Gasteiger partial charge in [-0.25, -0.2) is 4.79 Å². The third kappa shape index (κ3) is 5.00. The largest absolute Gasteiger partial charge is 0.359 e. The number of halogens is 2. The Kier molecular flexibility index (Phi) is 6.87. The van der Waals surface area contributed by atoms with Crippen LogP contribution < -0.4 is 10.6 Å². The van der Waals surface area contributed by atoms with Crippen LogP contribution in [0.25, 0.3) is 0 Å². The van der Waals surface area contributed by atoms with Gasteiger partial charge in [-0.1, -0.05) is 54.9 Å². The summed E-state index contributed by atoms with van der Waals surface area (Å²) in [7, 11) is 0. The van der Waals surface area contributed by atoms with Gasteiger partial charge in [-0.05, 0) is 55.0 Å². The Morgan fingerprint density at radius 1 is 1.07 bits per heavy atom. The van der Waals surface area contributed by atoms with Gasteiger partial charge in [-0.2, -0.15) is 0 Å². The molecular formula is C22H25Cl2N3O. The minimum atomic E-state index is -0.161. The van der Waals surface area contributed by atoms with Crippen LogP contribution in [0.1, 0.15) is 37.7 Å². The van der Waals surface area contributed by atoms with E-state index in [1.165, 1.54) is 5.56 Å². The van der Waals surface area contributed by atoms with Crippen molar-refractivity contribution < 1.29 is 4.79 Å². The molecule has 2 aromatic rings. The van der Waals surface area contributed by atoms with E-state index in [1.54, 1.807) is 18.2 Å². The molecule has 2 amide bonds. The number of urea groups is 1. The van der Waals surface area contributed by atoms with E-state index in [4.69, 9.17) is 23.2 Å².